The highest BCUT2D eigenvalue weighted by atomic mass is 19.1. The van der Waals surface area contributed by atoms with Crippen LogP contribution in [0.25, 0.3) is 11.0 Å². The van der Waals surface area contributed by atoms with Crippen LogP contribution in [0.5, 0.6) is 0 Å². The van der Waals surface area contributed by atoms with Crippen LogP contribution < -0.4 is 11.3 Å². The summed E-state index contributed by atoms with van der Waals surface area (Å²) in [5.41, 5.74) is -1.49. The van der Waals surface area contributed by atoms with Gasteiger partial charge in [-0.15, -0.1) is 0 Å². The van der Waals surface area contributed by atoms with E-state index in [1.54, 1.807) is 0 Å². The van der Waals surface area contributed by atoms with E-state index in [1.807, 2.05) is 0 Å². The molecular weight excluding hydrogens is 307 g/mol. The standard InChI is InChI=1S/C15H8FN2O5/c16-13-9(4-3-6-11(13)18(21)22)8-17-14(19)10-5-1-2-7-12(10)23-15(17)20/h1,3-7H,8H2. The molecule has 0 saturated carbocycles. The van der Waals surface area contributed by atoms with Gasteiger partial charge in [0.05, 0.1) is 16.9 Å². The average molecular weight is 315 g/mol. The Kier molecular flexibility index (Phi) is 3.49. The lowest BCUT2D eigenvalue weighted by atomic mass is 10.2. The quantitative estimate of drug-likeness (QED) is 0.543. The summed E-state index contributed by atoms with van der Waals surface area (Å²) in [4.78, 5) is 34.1. The van der Waals surface area contributed by atoms with E-state index in [4.69, 9.17) is 4.42 Å². The molecule has 7 nitrogen and oxygen atoms in total. The van der Waals surface area contributed by atoms with Gasteiger partial charge in [0.25, 0.3) is 5.56 Å². The number of fused-ring (bicyclic) bond motifs is 1. The Morgan fingerprint density at radius 1 is 1.30 bits per heavy atom. The van der Waals surface area contributed by atoms with Crippen LogP contribution in [0.15, 0.2) is 50.4 Å². The topological polar surface area (TPSA) is 95.3 Å². The zero-order valence-corrected chi connectivity index (χ0v) is 11.5. The van der Waals surface area contributed by atoms with Gasteiger partial charge in [0.15, 0.2) is 0 Å². The molecule has 2 aromatic carbocycles. The first-order chi connectivity index (χ1) is 11.0. The summed E-state index contributed by atoms with van der Waals surface area (Å²) in [6, 6.07) is 10.4. The second kappa shape index (κ2) is 5.48. The molecule has 0 N–H and O–H groups in total. The van der Waals surface area contributed by atoms with E-state index in [2.05, 4.69) is 6.07 Å². The number of hydrogen-bond acceptors (Lipinski definition) is 5. The molecule has 0 unspecified atom stereocenters. The molecular formula is C15H8FN2O5. The van der Waals surface area contributed by atoms with E-state index in [1.165, 1.54) is 30.3 Å². The molecule has 1 aromatic heterocycles. The molecule has 1 heterocycles. The van der Waals surface area contributed by atoms with Crippen LogP contribution in [0.1, 0.15) is 5.56 Å². The molecule has 3 rings (SSSR count). The van der Waals surface area contributed by atoms with Gasteiger partial charge in [-0.3, -0.25) is 14.9 Å². The van der Waals surface area contributed by atoms with Crippen molar-refractivity contribution in [2.75, 3.05) is 0 Å². The van der Waals surface area contributed by atoms with Crippen molar-refractivity contribution in [1.82, 2.24) is 4.57 Å². The molecule has 0 atom stereocenters. The van der Waals surface area contributed by atoms with Crippen molar-refractivity contribution in [3.63, 3.8) is 0 Å². The van der Waals surface area contributed by atoms with E-state index in [0.717, 1.165) is 6.07 Å². The van der Waals surface area contributed by atoms with Crippen LogP contribution in [0, 0.1) is 22.0 Å². The maximum absolute atomic E-state index is 14.1. The van der Waals surface area contributed by atoms with Crippen LogP contribution in [-0.2, 0) is 6.54 Å². The first kappa shape index (κ1) is 14.6. The third-order valence-corrected chi connectivity index (χ3v) is 3.30. The Balaban J connectivity index is 2.17. The van der Waals surface area contributed by atoms with Crippen molar-refractivity contribution in [3.05, 3.63) is 84.9 Å². The third-order valence-electron chi connectivity index (χ3n) is 3.30. The Bertz CT molecular complexity index is 1040. The Morgan fingerprint density at radius 2 is 2.09 bits per heavy atom. The van der Waals surface area contributed by atoms with E-state index < -0.39 is 34.3 Å². The largest absolute Gasteiger partial charge is 0.422 e. The predicted octanol–water partition coefficient (Wildman–Crippen LogP) is 1.85. The number of nitro benzene ring substituents is 1. The lowest BCUT2D eigenvalue weighted by Gasteiger charge is -2.06. The maximum Gasteiger partial charge on any atom is 0.422 e. The summed E-state index contributed by atoms with van der Waals surface area (Å²) in [5.74, 6) is -2.07. The highest BCUT2D eigenvalue weighted by molar-refractivity contribution is 5.74. The molecule has 3 aromatic rings. The Labute approximate surface area is 127 Å². The predicted molar refractivity (Wildman–Crippen MR) is 77.7 cm³/mol. The summed E-state index contributed by atoms with van der Waals surface area (Å²) in [6.45, 7) is -0.469. The van der Waals surface area contributed by atoms with Gasteiger partial charge in [0.2, 0.25) is 5.82 Å². The monoisotopic (exact) mass is 315 g/mol. The number of nitrogens with zero attached hydrogens (tertiary/aromatic N) is 2. The fourth-order valence-electron chi connectivity index (χ4n) is 2.19. The summed E-state index contributed by atoms with van der Waals surface area (Å²) in [7, 11) is 0. The van der Waals surface area contributed by atoms with Crippen LogP contribution in [-0.4, -0.2) is 9.49 Å². The van der Waals surface area contributed by atoms with Gasteiger partial charge < -0.3 is 4.42 Å². The molecule has 115 valence electrons. The van der Waals surface area contributed by atoms with Crippen molar-refractivity contribution >= 4 is 16.7 Å². The fraction of sp³-hybridized carbons (Fsp3) is 0.0667. The zero-order valence-electron chi connectivity index (χ0n) is 11.5. The molecule has 0 amide bonds. The van der Waals surface area contributed by atoms with Gasteiger partial charge in [0, 0.05) is 11.6 Å². The molecule has 0 saturated heterocycles. The van der Waals surface area contributed by atoms with Crippen LogP contribution in [0.2, 0.25) is 0 Å². The smallest absolute Gasteiger partial charge is 0.409 e. The highest BCUT2D eigenvalue weighted by Crippen LogP contribution is 2.20. The van der Waals surface area contributed by atoms with Gasteiger partial charge in [-0.2, -0.15) is 4.39 Å². The van der Waals surface area contributed by atoms with Gasteiger partial charge in [-0.05, 0) is 18.2 Å². The second-order valence-corrected chi connectivity index (χ2v) is 4.69. The lowest BCUT2D eigenvalue weighted by Crippen LogP contribution is -2.33. The molecule has 0 spiro atoms. The summed E-state index contributed by atoms with van der Waals surface area (Å²) in [5, 5.41) is 10.9. The van der Waals surface area contributed by atoms with Crippen molar-refractivity contribution in [1.29, 1.82) is 0 Å². The van der Waals surface area contributed by atoms with Crippen molar-refractivity contribution in [3.8, 4) is 0 Å². The first-order valence-corrected chi connectivity index (χ1v) is 6.44. The summed E-state index contributed by atoms with van der Waals surface area (Å²) >= 11 is 0. The van der Waals surface area contributed by atoms with Gasteiger partial charge in [-0.25, -0.2) is 9.36 Å². The maximum atomic E-state index is 14.1. The number of benzene rings is 2. The summed E-state index contributed by atoms with van der Waals surface area (Å²) < 4.78 is 19.8. The highest BCUT2D eigenvalue weighted by Gasteiger charge is 2.19. The van der Waals surface area contributed by atoms with E-state index in [0.29, 0.717) is 4.57 Å². The minimum atomic E-state index is -1.09. The van der Waals surface area contributed by atoms with E-state index >= 15 is 0 Å². The number of hydrogen-bond donors (Lipinski definition) is 0. The van der Waals surface area contributed by atoms with Crippen LogP contribution >= 0.6 is 0 Å². The lowest BCUT2D eigenvalue weighted by molar-refractivity contribution is -0.387. The van der Waals surface area contributed by atoms with Gasteiger partial charge in [0.1, 0.15) is 5.58 Å². The van der Waals surface area contributed by atoms with E-state index in [9.17, 15) is 24.1 Å². The molecule has 0 aliphatic carbocycles. The average Bonchev–Trinajstić information content (AvgIpc) is 2.52. The molecule has 1 radical (unpaired) electrons. The number of aromatic nitrogens is 1. The minimum absolute atomic E-state index is 0.0678. The fourth-order valence-corrected chi connectivity index (χ4v) is 2.19. The van der Waals surface area contributed by atoms with Crippen molar-refractivity contribution < 1.29 is 13.7 Å². The van der Waals surface area contributed by atoms with Gasteiger partial charge >= 0.3 is 11.4 Å². The van der Waals surface area contributed by atoms with Crippen LogP contribution in [0.4, 0.5) is 10.1 Å². The van der Waals surface area contributed by atoms with Crippen molar-refractivity contribution in [2.45, 2.75) is 6.54 Å². The number of rotatable bonds is 3. The first-order valence-electron chi connectivity index (χ1n) is 6.44. The molecule has 0 bridgehead atoms. The zero-order chi connectivity index (χ0) is 16.6. The normalized spacial score (nSPS) is 10.8. The SMILES string of the molecule is O=c1oc2c[c]ccc2c(=O)n1Cc1cccc([N+](=O)[O-])c1F. The van der Waals surface area contributed by atoms with Crippen molar-refractivity contribution in [2.24, 2.45) is 0 Å². The third kappa shape index (κ3) is 2.50. The van der Waals surface area contributed by atoms with Crippen LogP contribution in [0.3, 0.4) is 0 Å². The molecule has 0 aliphatic rings. The molecule has 23 heavy (non-hydrogen) atoms. The molecule has 0 fully saturated rings. The summed E-state index contributed by atoms with van der Waals surface area (Å²) in [6.07, 6.45) is 0. The molecule has 8 heteroatoms. The van der Waals surface area contributed by atoms with E-state index in [-0.39, 0.29) is 16.5 Å². The number of halogens is 1. The minimum Gasteiger partial charge on any atom is -0.409 e. The van der Waals surface area contributed by atoms with Gasteiger partial charge in [-0.1, -0.05) is 18.2 Å². The Hall–Kier alpha value is -3.29. The second-order valence-electron chi connectivity index (χ2n) is 4.69. The molecule has 0 aliphatic heterocycles. The Morgan fingerprint density at radius 3 is 2.83 bits per heavy atom. The number of nitro groups is 1.